The van der Waals surface area contributed by atoms with Gasteiger partial charge in [-0.1, -0.05) is 29.8 Å². The fourth-order valence-electron chi connectivity index (χ4n) is 2.10. The summed E-state index contributed by atoms with van der Waals surface area (Å²) in [6, 6.07) is 0. The summed E-state index contributed by atoms with van der Waals surface area (Å²) in [4.78, 5) is 11.9. The first-order valence-corrected chi connectivity index (χ1v) is 7.52. The van der Waals surface area contributed by atoms with Crippen LogP contribution in [-0.4, -0.2) is 30.5 Å². The zero-order valence-electron chi connectivity index (χ0n) is 11.1. The van der Waals surface area contributed by atoms with Gasteiger partial charge in [0.25, 0.3) is 0 Å². The molecule has 3 nitrogen and oxygen atoms in total. The molecule has 17 heavy (non-hydrogen) atoms. The minimum absolute atomic E-state index is 0.0528. The first kappa shape index (κ1) is 15.0. The monoisotopic (exact) mass is 305 g/mol. The summed E-state index contributed by atoms with van der Waals surface area (Å²) in [6.07, 6.45) is 3.35. The minimum atomic E-state index is 0.0528. The van der Waals surface area contributed by atoms with Crippen LogP contribution in [0.25, 0.3) is 0 Å². The van der Waals surface area contributed by atoms with Crippen LogP contribution in [0.5, 0.6) is 0 Å². The number of amides is 1. The largest absolute Gasteiger partial charge is 0.378 e. The maximum Gasteiger partial charge on any atom is 0.225 e. The van der Waals surface area contributed by atoms with E-state index in [4.69, 9.17) is 4.74 Å². The van der Waals surface area contributed by atoms with E-state index in [1.54, 1.807) is 0 Å². The first-order chi connectivity index (χ1) is 7.94. The zero-order valence-corrected chi connectivity index (χ0v) is 12.7. The van der Waals surface area contributed by atoms with Crippen molar-refractivity contribution in [1.29, 1.82) is 0 Å². The van der Waals surface area contributed by atoms with E-state index in [9.17, 15) is 4.79 Å². The van der Waals surface area contributed by atoms with Crippen molar-refractivity contribution in [3.05, 3.63) is 0 Å². The van der Waals surface area contributed by atoms with Gasteiger partial charge in [0.1, 0.15) is 0 Å². The normalized spacial score (nSPS) is 24.9. The van der Waals surface area contributed by atoms with Crippen molar-refractivity contribution in [3.63, 3.8) is 0 Å². The molecule has 4 heteroatoms. The third-order valence-corrected chi connectivity index (χ3v) is 3.86. The van der Waals surface area contributed by atoms with Crippen molar-refractivity contribution in [1.82, 2.24) is 5.32 Å². The van der Waals surface area contributed by atoms with E-state index in [1.165, 1.54) is 0 Å². The van der Waals surface area contributed by atoms with Gasteiger partial charge < -0.3 is 10.1 Å². The Morgan fingerprint density at radius 3 is 2.76 bits per heavy atom. The van der Waals surface area contributed by atoms with Crippen LogP contribution < -0.4 is 5.32 Å². The number of hydrogen-bond donors (Lipinski definition) is 1. The predicted octanol–water partition coefficient (Wildman–Crippen LogP) is 2.73. The second kappa shape index (κ2) is 6.74. The second-order valence-electron chi connectivity index (χ2n) is 5.75. The van der Waals surface area contributed by atoms with Crippen LogP contribution in [0.4, 0.5) is 0 Å². The number of carbonyl (C=O) groups excluding carboxylic acids is 1. The summed E-state index contributed by atoms with van der Waals surface area (Å²) in [7, 11) is 0. The van der Waals surface area contributed by atoms with Crippen molar-refractivity contribution in [2.45, 2.75) is 46.1 Å². The molecule has 2 unspecified atom stereocenters. The fourth-order valence-corrected chi connectivity index (χ4v) is 2.38. The summed E-state index contributed by atoms with van der Waals surface area (Å²) in [5.41, 5.74) is 0.175. The Morgan fingerprint density at radius 2 is 2.24 bits per heavy atom. The molecule has 0 aromatic heterocycles. The van der Waals surface area contributed by atoms with Gasteiger partial charge in [-0.25, -0.2) is 0 Å². The molecule has 1 heterocycles. The summed E-state index contributed by atoms with van der Waals surface area (Å²) < 4.78 is 5.42. The van der Waals surface area contributed by atoms with Crippen LogP contribution in [0.15, 0.2) is 0 Å². The first-order valence-electron chi connectivity index (χ1n) is 6.40. The molecular formula is C13H24BrNO2. The average Bonchev–Trinajstić information content (AvgIpc) is 2.70. The molecule has 1 aliphatic heterocycles. The highest BCUT2D eigenvalue weighted by atomic mass is 79.9. The zero-order chi connectivity index (χ0) is 12.9. The molecule has 0 bridgehead atoms. The highest BCUT2D eigenvalue weighted by Gasteiger charge is 2.29. The third-order valence-electron chi connectivity index (χ3n) is 3.30. The Labute approximate surface area is 113 Å². The molecule has 0 aromatic carbocycles. The number of carbonyl (C=O) groups is 1. The molecule has 1 amide bonds. The van der Waals surface area contributed by atoms with Crippen LogP contribution in [0, 0.1) is 11.3 Å². The van der Waals surface area contributed by atoms with Gasteiger partial charge >= 0.3 is 0 Å². The molecule has 100 valence electrons. The fraction of sp³-hybridized carbons (Fsp3) is 0.923. The quantitative estimate of drug-likeness (QED) is 0.766. The molecule has 1 rings (SSSR count). The highest BCUT2D eigenvalue weighted by molar-refractivity contribution is 9.09. The highest BCUT2D eigenvalue weighted by Crippen LogP contribution is 2.23. The van der Waals surface area contributed by atoms with Crippen LogP contribution >= 0.6 is 15.9 Å². The Kier molecular flexibility index (Phi) is 5.93. The van der Waals surface area contributed by atoms with Crippen molar-refractivity contribution in [2.75, 3.05) is 18.5 Å². The lowest BCUT2D eigenvalue weighted by Gasteiger charge is -2.25. The van der Waals surface area contributed by atoms with Gasteiger partial charge in [0, 0.05) is 11.9 Å². The number of halogens is 1. The van der Waals surface area contributed by atoms with E-state index in [0.29, 0.717) is 6.61 Å². The molecule has 1 aliphatic rings. The molecular weight excluding hydrogens is 282 g/mol. The molecule has 0 radical (unpaired) electrons. The number of rotatable bonds is 6. The molecule has 2 atom stereocenters. The Balaban J connectivity index is 2.27. The van der Waals surface area contributed by atoms with Crippen molar-refractivity contribution in [2.24, 2.45) is 11.3 Å². The summed E-state index contributed by atoms with van der Waals surface area (Å²) in [5, 5.41) is 4.09. The molecule has 0 saturated carbocycles. The Morgan fingerprint density at radius 1 is 1.53 bits per heavy atom. The molecule has 1 saturated heterocycles. The molecule has 0 aromatic rings. The van der Waals surface area contributed by atoms with E-state index in [2.05, 4.69) is 35.1 Å². The van der Waals surface area contributed by atoms with Crippen molar-refractivity contribution >= 4 is 21.8 Å². The van der Waals surface area contributed by atoms with E-state index >= 15 is 0 Å². The van der Waals surface area contributed by atoms with E-state index in [1.807, 2.05) is 6.92 Å². The Bertz CT molecular complexity index is 256. The SMILES string of the molecule is CC1CC(C(=O)NCC(C)(C)CCCBr)CO1. The van der Waals surface area contributed by atoms with Gasteiger partial charge in [-0.15, -0.1) is 0 Å². The molecule has 1 N–H and O–H groups in total. The summed E-state index contributed by atoms with van der Waals surface area (Å²) in [6.45, 7) is 7.75. The van der Waals surface area contributed by atoms with Crippen LogP contribution in [-0.2, 0) is 9.53 Å². The van der Waals surface area contributed by atoms with Gasteiger partial charge in [0.05, 0.1) is 18.6 Å². The molecule has 1 fully saturated rings. The predicted molar refractivity (Wildman–Crippen MR) is 73.3 cm³/mol. The lowest BCUT2D eigenvalue weighted by Crippen LogP contribution is -2.38. The van der Waals surface area contributed by atoms with Crippen molar-refractivity contribution in [3.8, 4) is 0 Å². The van der Waals surface area contributed by atoms with Gasteiger partial charge in [0.15, 0.2) is 0 Å². The van der Waals surface area contributed by atoms with Crippen molar-refractivity contribution < 1.29 is 9.53 Å². The molecule has 0 spiro atoms. The number of nitrogens with one attached hydrogen (secondary N) is 1. The maximum atomic E-state index is 11.9. The van der Waals surface area contributed by atoms with E-state index in [0.717, 1.165) is 31.1 Å². The van der Waals surface area contributed by atoms with Crippen LogP contribution in [0.2, 0.25) is 0 Å². The standard InChI is InChI=1S/C13H24BrNO2/c1-10-7-11(8-17-10)12(16)15-9-13(2,3)5-4-6-14/h10-11H,4-9H2,1-3H3,(H,15,16). The average molecular weight is 306 g/mol. The lowest BCUT2D eigenvalue weighted by atomic mass is 9.88. The Hall–Kier alpha value is -0.0900. The van der Waals surface area contributed by atoms with Gasteiger partial charge in [-0.3, -0.25) is 4.79 Å². The lowest BCUT2D eigenvalue weighted by molar-refractivity contribution is -0.125. The van der Waals surface area contributed by atoms with Crippen LogP contribution in [0.1, 0.15) is 40.0 Å². The topological polar surface area (TPSA) is 38.3 Å². The second-order valence-corrected chi connectivity index (χ2v) is 6.54. The summed E-state index contributed by atoms with van der Waals surface area (Å²) in [5.74, 6) is 0.207. The number of hydrogen-bond acceptors (Lipinski definition) is 2. The third kappa shape index (κ3) is 5.38. The van der Waals surface area contributed by atoms with E-state index < -0.39 is 0 Å². The van der Waals surface area contributed by atoms with Crippen LogP contribution in [0.3, 0.4) is 0 Å². The summed E-state index contributed by atoms with van der Waals surface area (Å²) >= 11 is 3.44. The van der Waals surface area contributed by atoms with Gasteiger partial charge in [-0.05, 0) is 31.6 Å². The smallest absolute Gasteiger partial charge is 0.225 e. The minimum Gasteiger partial charge on any atom is -0.378 e. The van der Waals surface area contributed by atoms with Gasteiger partial charge in [0.2, 0.25) is 5.91 Å². The number of ether oxygens (including phenoxy) is 1. The number of alkyl halides is 1. The van der Waals surface area contributed by atoms with Gasteiger partial charge in [-0.2, -0.15) is 0 Å². The molecule has 0 aliphatic carbocycles. The van der Waals surface area contributed by atoms with E-state index in [-0.39, 0.29) is 23.3 Å². The maximum absolute atomic E-state index is 11.9.